The number of hydrogen-bond acceptors (Lipinski definition) is 4. The zero-order valence-electron chi connectivity index (χ0n) is 22.0. The number of halogens is 2. The molecule has 0 spiro atoms. The van der Waals surface area contributed by atoms with Crippen LogP contribution in [0.1, 0.15) is 70.2 Å². The molecule has 0 bridgehead atoms. The predicted octanol–water partition coefficient (Wildman–Crippen LogP) is 7.92. The highest BCUT2D eigenvalue weighted by Crippen LogP contribution is 2.37. The van der Waals surface area contributed by atoms with Gasteiger partial charge in [-0.3, -0.25) is 0 Å². The van der Waals surface area contributed by atoms with Gasteiger partial charge in [0, 0.05) is 12.2 Å². The Labute approximate surface area is 219 Å². The Kier molecular flexibility index (Phi) is 11.2. The van der Waals surface area contributed by atoms with E-state index in [9.17, 15) is 8.78 Å². The van der Waals surface area contributed by atoms with Gasteiger partial charge >= 0.3 is 0 Å². The molecule has 0 saturated heterocycles. The molecule has 1 heterocycles. The molecule has 2 aromatic rings. The summed E-state index contributed by atoms with van der Waals surface area (Å²) in [7, 11) is 0. The fourth-order valence-corrected chi connectivity index (χ4v) is 4.27. The highest BCUT2D eigenvalue weighted by molar-refractivity contribution is 5.76. The van der Waals surface area contributed by atoms with E-state index in [1.807, 2.05) is 18.2 Å². The first kappa shape index (κ1) is 28.5. The number of ether oxygens (including phenoxy) is 2. The van der Waals surface area contributed by atoms with Gasteiger partial charge in [0.25, 0.3) is 0 Å². The Balaban J connectivity index is 1.71. The first-order chi connectivity index (χ1) is 18.0. The van der Waals surface area contributed by atoms with Gasteiger partial charge in [0.15, 0.2) is 17.4 Å². The minimum atomic E-state index is -0.856. The Morgan fingerprint density at radius 3 is 2.68 bits per heavy atom. The van der Waals surface area contributed by atoms with Gasteiger partial charge in [-0.2, -0.15) is 0 Å². The van der Waals surface area contributed by atoms with Gasteiger partial charge in [0.1, 0.15) is 12.4 Å². The maximum atomic E-state index is 14.4. The smallest absolute Gasteiger partial charge is 0.166 e. The molecule has 3 rings (SSSR count). The molecular weight excluding hydrogens is 470 g/mol. The molecule has 2 unspecified atom stereocenters. The molecule has 0 N–H and O–H groups in total. The van der Waals surface area contributed by atoms with Crippen molar-refractivity contribution in [1.29, 1.82) is 0 Å². The standard InChI is InChI=1S/C31H38F2N2O2/c1-4-6-10-21-36-24(3)12-8-7-9-17-31(30-34-22-26(23-35-30)37-20-5-2)18-15-25(16-19-31)27-13-11-14-28(32)29(27)33/h5,9,11,13-18,22-24H,2,4,6-8,10,12,19-21H2,1,3H3. The van der Waals surface area contributed by atoms with E-state index in [1.165, 1.54) is 18.9 Å². The molecule has 0 aliphatic heterocycles. The third-order valence-corrected chi connectivity index (χ3v) is 6.44. The maximum absolute atomic E-state index is 14.4. The fourth-order valence-electron chi connectivity index (χ4n) is 4.27. The van der Waals surface area contributed by atoms with Crippen molar-refractivity contribution in [2.45, 2.75) is 70.3 Å². The molecule has 198 valence electrons. The van der Waals surface area contributed by atoms with Gasteiger partial charge < -0.3 is 9.47 Å². The quantitative estimate of drug-likeness (QED) is 0.181. The molecule has 37 heavy (non-hydrogen) atoms. The van der Waals surface area contributed by atoms with Gasteiger partial charge in [0.05, 0.1) is 23.9 Å². The summed E-state index contributed by atoms with van der Waals surface area (Å²) in [5.41, 5.74) is 0.295. The first-order valence-corrected chi connectivity index (χ1v) is 13.2. The van der Waals surface area contributed by atoms with Crippen LogP contribution in [0.4, 0.5) is 8.78 Å². The number of aromatic nitrogens is 2. The highest BCUT2D eigenvalue weighted by atomic mass is 19.2. The van der Waals surface area contributed by atoms with Crippen LogP contribution in [0.25, 0.3) is 5.57 Å². The van der Waals surface area contributed by atoms with E-state index in [0.29, 0.717) is 30.2 Å². The molecule has 1 aliphatic carbocycles. The average Bonchev–Trinajstić information content (AvgIpc) is 2.92. The highest BCUT2D eigenvalue weighted by Gasteiger charge is 2.31. The van der Waals surface area contributed by atoms with Crippen LogP contribution in [0.3, 0.4) is 0 Å². The van der Waals surface area contributed by atoms with Crippen molar-refractivity contribution in [3.8, 4) is 5.75 Å². The molecule has 1 aromatic heterocycles. The van der Waals surface area contributed by atoms with E-state index >= 15 is 0 Å². The second-order valence-corrected chi connectivity index (χ2v) is 9.40. The van der Waals surface area contributed by atoms with E-state index in [-0.39, 0.29) is 11.7 Å². The van der Waals surface area contributed by atoms with Crippen molar-refractivity contribution < 1.29 is 18.3 Å². The summed E-state index contributed by atoms with van der Waals surface area (Å²) in [4.78, 5) is 9.15. The molecule has 1 aromatic carbocycles. The second kappa shape index (κ2) is 14.6. The van der Waals surface area contributed by atoms with Crippen LogP contribution in [-0.4, -0.2) is 29.3 Å². The first-order valence-electron chi connectivity index (χ1n) is 13.2. The van der Waals surface area contributed by atoms with E-state index in [0.717, 1.165) is 38.4 Å². The lowest BCUT2D eigenvalue weighted by atomic mass is 9.77. The normalized spacial score (nSPS) is 18.1. The fraction of sp³-hybridized carbons (Fsp3) is 0.419. The molecule has 0 amide bonds. The Bertz CT molecular complexity index is 1090. The summed E-state index contributed by atoms with van der Waals surface area (Å²) < 4.78 is 39.6. The summed E-state index contributed by atoms with van der Waals surface area (Å²) in [5.74, 6) is -0.514. The topological polar surface area (TPSA) is 44.2 Å². The summed E-state index contributed by atoms with van der Waals surface area (Å²) in [6.07, 6.45) is 22.1. The van der Waals surface area contributed by atoms with E-state index in [1.54, 1.807) is 24.5 Å². The number of benzene rings is 1. The SMILES string of the molecule is C=CCOc1cnc(C2(C=CCCCC(C)OCCCCC)C=CC(c3cccc(F)c3F)=CC2)nc1. The van der Waals surface area contributed by atoms with Crippen LogP contribution in [0, 0.1) is 11.6 Å². The van der Waals surface area contributed by atoms with E-state index in [2.05, 4.69) is 42.5 Å². The molecule has 4 nitrogen and oxygen atoms in total. The van der Waals surface area contributed by atoms with Crippen LogP contribution in [-0.2, 0) is 10.2 Å². The van der Waals surface area contributed by atoms with Crippen molar-refractivity contribution in [2.24, 2.45) is 0 Å². The van der Waals surface area contributed by atoms with Crippen molar-refractivity contribution in [1.82, 2.24) is 9.97 Å². The summed E-state index contributed by atoms with van der Waals surface area (Å²) in [6.45, 7) is 9.17. The number of rotatable bonds is 15. The molecular formula is C31H38F2N2O2. The monoisotopic (exact) mass is 508 g/mol. The molecule has 6 heteroatoms. The van der Waals surface area contributed by atoms with Crippen molar-refractivity contribution in [2.75, 3.05) is 13.2 Å². The van der Waals surface area contributed by atoms with Gasteiger partial charge in [0.2, 0.25) is 0 Å². The molecule has 1 aliphatic rings. The Hall–Kier alpha value is -3.12. The lowest BCUT2D eigenvalue weighted by molar-refractivity contribution is 0.0566. The number of allylic oxidation sites excluding steroid dienone is 6. The minimum Gasteiger partial charge on any atom is -0.486 e. The lowest BCUT2D eigenvalue weighted by Crippen LogP contribution is -2.25. The van der Waals surface area contributed by atoms with E-state index < -0.39 is 17.0 Å². The maximum Gasteiger partial charge on any atom is 0.166 e. The Morgan fingerprint density at radius 2 is 1.97 bits per heavy atom. The van der Waals surface area contributed by atoms with Gasteiger partial charge in [-0.15, -0.1) is 0 Å². The van der Waals surface area contributed by atoms with Crippen molar-refractivity contribution in [3.05, 3.63) is 96.7 Å². The van der Waals surface area contributed by atoms with Gasteiger partial charge in [-0.1, -0.05) is 74.9 Å². The zero-order chi connectivity index (χ0) is 26.5. The molecule has 2 atom stereocenters. The van der Waals surface area contributed by atoms with Crippen LogP contribution < -0.4 is 4.74 Å². The third kappa shape index (κ3) is 8.19. The molecule has 0 fully saturated rings. The summed E-state index contributed by atoms with van der Waals surface area (Å²) in [5, 5.41) is 0. The lowest BCUT2D eigenvalue weighted by Gasteiger charge is -2.28. The van der Waals surface area contributed by atoms with Gasteiger partial charge in [-0.05, 0) is 50.7 Å². The van der Waals surface area contributed by atoms with Gasteiger partial charge in [-0.25, -0.2) is 18.7 Å². The third-order valence-electron chi connectivity index (χ3n) is 6.44. The van der Waals surface area contributed by atoms with Crippen LogP contribution in [0.15, 0.2) is 73.6 Å². The van der Waals surface area contributed by atoms with Crippen LogP contribution >= 0.6 is 0 Å². The Morgan fingerprint density at radius 1 is 1.16 bits per heavy atom. The van der Waals surface area contributed by atoms with E-state index in [4.69, 9.17) is 9.47 Å². The van der Waals surface area contributed by atoms with Crippen LogP contribution in [0.5, 0.6) is 5.75 Å². The van der Waals surface area contributed by atoms with Crippen LogP contribution in [0.2, 0.25) is 0 Å². The summed E-state index contributed by atoms with van der Waals surface area (Å²) in [6, 6.07) is 4.23. The molecule has 0 saturated carbocycles. The number of nitrogens with zero attached hydrogens (tertiary/aromatic N) is 2. The average molecular weight is 509 g/mol. The largest absolute Gasteiger partial charge is 0.486 e. The second-order valence-electron chi connectivity index (χ2n) is 9.40. The minimum absolute atomic E-state index is 0.242. The van der Waals surface area contributed by atoms with Crippen molar-refractivity contribution in [3.63, 3.8) is 0 Å². The summed E-state index contributed by atoms with van der Waals surface area (Å²) >= 11 is 0. The number of unbranched alkanes of at least 4 members (excludes halogenated alkanes) is 3. The van der Waals surface area contributed by atoms with Crippen molar-refractivity contribution >= 4 is 5.57 Å². The molecule has 0 radical (unpaired) electrons. The number of hydrogen-bond donors (Lipinski definition) is 0. The zero-order valence-corrected chi connectivity index (χ0v) is 22.0. The predicted molar refractivity (Wildman–Crippen MR) is 145 cm³/mol.